The van der Waals surface area contributed by atoms with Crippen molar-refractivity contribution in [1.82, 2.24) is 5.16 Å². The van der Waals surface area contributed by atoms with Crippen LogP contribution in [0.3, 0.4) is 0 Å². The molecule has 0 spiro atoms. The molecule has 19 heavy (non-hydrogen) atoms. The van der Waals surface area contributed by atoms with Crippen molar-refractivity contribution in [2.24, 2.45) is 0 Å². The maximum atomic E-state index is 12.6. The number of hydrogen-bond acceptors (Lipinski definition) is 3. The molecule has 0 aliphatic heterocycles. The largest absolute Gasteiger partial charge is 0.477 e. The van der Waals surface area contributed by atoms with Crippen molar-refractivity contribution in [3.8, 4) is 11.3 Å². The van der Waals surface area contributed by atoms with Gasteiger partial charge in [-0.3, -0.25) is 0 Å². The van der Waals surface area contributed by atoms with Gasteiger partial charge in [0, 0.05) is 17.5 Å². The molecule has 0 saturated carbocycles. The summed E-state index contributed by atoms with van der Waals surface area (Å²) < 4.78 is 30.2. The zero-order valence-electron chi connectivity index (χ0n) is 10.1. The van der Waals surface area contributed by atoms with Gasteiger partial charge < -0.3 is 9.63 Å². The van der Waals surface area contributed by atoms with E-state index in [1.54, 1.807) is 6.92 Å². The first-order chi connectivity index (χ1) is 9.04. The molecule has 1 aromatic heterocycles. The lowest BCUT2D eigenvalue weighted by atomic mass is 10.0. The van der Waals surface area contributed by atoms with Gasteiger partial charge in [0.15, 0.2) is 5.76 Å². The van der Waals surface area contributed by atoms with E-state index in [0.717, 1.165) is 0 Å². The van der Waals surface area contributed by atoms with Crippen LogP contribution in [0.4, 0.5) is 8.78 Å². The van der Waals surface area contributed by atoms with E-state index in [0.29, 0.717) is 12.0 Å². The maximum absolute atomic E-state index is 12.6. The molecule has 0 aliphatic rings. The average Bonchev–Trinajstić information content (AvgIpc) is 2.82. The van der Waals surface area contributed by atoms with E-state index >= 15 is 0 Å². The molecule has 4 nitrogen and oxygen atoms in total. The standard InChI is InChI=1S/C13H11F2NO3/c1-2-9-10(13(17)18)11(16-19-9)7-4-3-5-8(6-7)12(14)15/h3-6,12H,2H2,1H3,(H,17,18). The Morgan fingerprint density at radius 2 is 2.21 bits per heavy atom. The van der Waals surface area contributed by atoms with Gasteiger partial charge in [0.05, 0.1) is 0 Å². The van der Waals surface area contributed by atoms with E-state index < -0.39 is 12.4 Å². The van der Waals surface area contributed by atoms with Crippen LogP contribution in [0.15, 0.2) is 28.8 Å². The number of alkyl halides is 2. The first-order valence-electron chi connectivity index (χ1n) is 5.65. The van der Waals surface area contributed by atoms with Crippen molar-refractivity contribution in [1.29, 1.82) is 0 Å². The molecule has 0 fully saturated rings. The molecule has 6 heteroatoms. The Labute approximate surface area is 107 Å². The summed E-state index contributed by atoms with van der Waals surface area (Å²) in [4.78, 5) is 11.2. The van der Waals surface area contributed by atoms with Crippen LogP contribution in [0.25, 0.3) is 11.3 Å². The summed E-state index contributed by atoms with van der Waals surface area (Å²) in [7, 11) is 0. The van der Waals surface area contributed by atoms with Gasteiger partial charge in [-0.15, -0.1) is 0 Å². The zero-order chi connectivity index (χ0) is 14.0. The van der Waals surface area contributed by atoms with Crippen molar-refractivity contribution in [2.75, 3.05) is 0 Å². The monoisotopic (exact) mass is 267 g/mol. The van der Waals surface area contributed by atoms with Gasteiger partial charge >= 0.3 is 5.97 Å². The van der Waals surface area contributed by atoms with Gasteiger partial charge in [0.2, 0.25) is 0 Å². The second-order valence-electron chi connectivity index (χ2n) is 3.91. The van der Waals surface area contributed by atoms with Crippen LogP contribution in [-0.4, -0.2) is 16.2 Å². The number of rotatable bonds is 4. The molecule has 2 rings (SSSR count). The second kappa shape index (κ2) is 5.17. The molecular weight excluding hydrogens is 256 g/mol. The smallest absolute Gasteiger partial charge is 0.341 e. The Bertz CT molecular complexity index is 608. The fraction of sp³-hybridized carbons (Fsp3) is 0.231. The van der Waals surface area contributed by atoms with E-state index in [4.69, 9.17) is 9.63 Å². The lowest BCUT2D eigenvalue weighted by Gasteiger charge is -2.02. The van der Waals surface area contributed by atoms with Gasteiger partial charge in [0.1, 0.15) is 11.3 Å². The number of carboxylic acid groups (broad SMARTS) is 1. The summed E-state index contributed by atoms with van der Waals surface area (Å²) in [5.74, 6) is -0.958. The quantitative estimate of drug-likeness (QED) is 0.920. The molecule has 0 bridgehead atoms. The van der Waals surface area contributed by atoms with Crippen molar-refractivity contribution < 1.29 is 23.2 Å². The number of nitrogens with zero attached hydrogens (tertiary/aromatic N) is 1. The van der Waals surface area contributed by atoms with Crippen molar-refractivity contribution in [3.63, 3.8) is 0 Å². The van der Waals surface area contributed by atoms with Gasteiger partial charge in [-0.25, -0.2) is 13.6 Å². The van der Waals surface area contributed by atoms with Crippen molar-refractivity contribution in [3.05, 3.63) is 41.2 Å². The lowest BCUT2D eigenvalue weighted by molar-refractivity contribution is 0.0695. The van der Waals surface area contributed by atoms with Crippen molar-refractivity contribution in [2.45, 2.75) is 19.8 Å². The first kappa shape index (κ1) is 13.2. The molecule has 0 radical (unpaired) electrons. The summed E-state index contributed by atoms with van der Waals surface area (Å²) >= 11 is 0. The van der Waals surface area contributed by atoms with E-state index in [9.17, 15) is 13.6 Å². The second-order valence-corrected chi connectivity index (χ2v) is 3.91. The molecule has 100 valence electrons. The molecule has 0 amide bonds. The topological polar surface area (TPSA) is 63.3 Å². The summed E-state index contributed by atoms with van der Waals surface area (Å²) in [5, 5.41) is 12.8. The van der Waals surface area contributed by atoms with Crippen LogP contribution < -0.4 is 0 Å². The van der Waals surface area contributed by atoms with Crippen LogP contribution in [0.1, 0.15) is 35.0 Å². The van der Waals surface area contributed by atoms with E-state index in [-0.39, 0.29) is 22.6 Å². The molecule has 1 aromatic carbocycles. The first-order valence-corrected chi connectivity index (χ1v) is 5.65. The molecule has 1 heterocycles. The van der Waals surface area contributed by atoms with Crippen LogP contribution in [0, 0.1) is 0 Å². The number of benzene rings is 1. The van der Waals surface area contributed by atoms with Crippen molar-refractivity contribution >= 4 is 5.97 Å². The van der Waals surface area contributed by atoms with Crippen LogP contribution in [0.5, 0.6) is 0 Å². The minimum Gasteiger partial charge on any atom is -0.477 e. The number of aryl methyl sites for hydroxylation is 1. The van der Waals surface area contributed by atoms with E-state index in [1.165, 1.54) is 24.3 Å². The van der Waals surface area contributed by atoms with Gasteiger partial charge in [-0.1, -0.05) is 30.3 Å². The molecule has 0 unspecified atom stereocenters. The Kier molecular flexibility index (Phi) is 3.59. The summed E-state index contributed by atoms with van der Waals surface area (Å²) in [6.45, 7) is 1.73. The fourth-order valence-electron chi connectivity index (χ4n) is 1.80. The number of carboxylic acids is 1. The Morgan fingerprint density at radius 1 is 1.47 bits per heavy atom. The highest BCUT2D eigenvalue weighted by molar-refractivity contribution is 5.95. The highest BCUT2D eigenvalue weighted by Crippen LogP contribution is 2.29. The number of halogens is 2. The molecule has 0 saturated heterocycles. The molecular formula is C13H11F2NO3. The SMILES string of the molecule is CCc1onc(-c2cccc(C(F)F)c2)c1C(=O)O. The Balaban J connectivity index is 2.56. The average molecular weight is 267 g/mol. The third-order valence-corrected chi connectivity index (χ3v) is 2.71. The maximum Gasteiger partial charge on any atom is 0.341 e. The van der Waals surface area contributed by atoms with E-state index in [1.807, 2.05) is 0 Å². The van der Waals surface area contributed by atoms with Gasteiger partial charge in [-0.2, -0.15) is 0 Å². The van der Waals surface area contributed by atoms with Crippen LogP contribution in [0.2, 0.25) is 0 Å². The third-order valence-electron chi connectivity index (χ3n) is 2.71. The summed E-state index contributed by atoms with van der Waals surface area (Å²) in [6, 6.07) is 5.45. The van der Waals surface area contributed by atoms with E-state index in [2.05, 4.69) is 5.16 Å². The number of aromatic carboxylic acids is 1. The zero-order valence-corrected chi connectivity index (χ0v) is 10.1. The third kappa shape index (κ3) is 2.47. The van der Waals surface area contributed by atoms with Crippen LogP contribution >= 0.6 is 0 Å². The highest BCUT2D eigenvalue weighted by atomic mass is 19.3. The minimum absolute atomic E-state index is 0.0751. The minimum atomic E-state index is -2.62. The van der Waals surface area contributed by atoms with Gasteiger partial charge in [0.25, 0.3) is 6.43 Å². The van der Waals surface area contributed by atoms with Gasteiger partial charge in [-0.05, 0) is 6.07 Å². The summed E-state index contributed by atoms with van der Waals surface area (Å²) in [5.41, 5.74) is 0.120. The fourth-order valence-corrected chi connectivity index (χ4v) is 1.80. The number of hydrogen-bond donors (Lipinski definition) is 1. The summed E-state index contributed by atoms with van der Waals surface area (Å²) in [6.07, 6.45) is -2.26. The number of aromatic nitrogens is 1. The predicted molar refractivity (Wildman–Crippen MR) is 63.2 cm³/mol. The normalized spacial score (nSPS) is 10.9. The molecule has 1 N–H and O–H groups in total. The molecule has 0 aliphatic carbocycles. The molecule has 0 atom stereocenters. The Morgan fingerprint density at radius 3 is 2.79 bits per heavy atom. The van der Waals surface area contributed by atoms with Crippen LogP contribution in [-0.2, 0) is 6.42 Å². The molecule has 2 aromatic rings. The number of carbonyl (C=O) groups is 1. The Hall–Kier alpha value is -2.24. The lowest BCUT2D eigenvalue weighted by Crippen LogP contribution is -2.01. The predicted octanol–water partition coefficient (Wildman–Crippen LogP) is 3.54. The highest BCUT2D eigenvalue weighted by Gasteiger charge is 2.23.